The van der Waals surface area contributed by atoms with Gasteiger partial charge in [-0.25, -0.2) is 0 Å². The zero-order valence-electron chi connectivity index (χ0n) is 17.8. The van der Waals surface area contributed by atoms with Gasteiger partial charge in [0.1, 0.15) is 0 Å². The molecule has 1 unspecified atom stereocenters. The third-order valence-corrected chi connectivity index (χ3v) is 5.47. The number of nitro benzene ring substituents is 1. The van der Waals surface area contributed by atoms with Crippen LogP contribution in [0, 0.1) is 17.0 Å². The van der Waals surface area contributed by atoms with Crippen LogP contribution in [0.25, 0.3) is 6.08 Å². The molecule has 1 atom stereocenters. The standard InChI is InChI=1S/C23H25N3O6/c1-16-2-4-17(5-3-16)19(14-25-8-10-30-11-9-25)24-23(27)7-6-18-12-21-22(32-15-31-21)13-20(18)26(28)29/h2-7,12-13,19H,8-11,14-15H2,1H3,(H,24,27)/b7-6+. The van der Waals surface area contributed by atoms with Gasteiger partial charge in [-0.3, -0.25) is 19.8 Å². The maximum atomic E-state index is 12.8. The Hall–Kier alpha value is -3.43. The molecule has 0 saturated carbocycles. The van der Waals surface area contributed by atoms with Crippen LogP contribution >= 0.6 is 0 Å². The van der Waals surface area contributed by atoms with E-state index in [2.05, 4.69) is 10.2 Å². The summed E-state index contributed by atoms with van der Waals surface area (Å²) in [5, 5.41) is 14.5. The van der Waals surface area contributed by atoms with Crippen LogP contribution in [0.3, 0.4) is 0 Å². The van der Waals surface area contributed by atoms with Gasteiger partial charge in [-0.2, -0.15) is 0 Å². The molecular formula is C23H25N3O6. The molecule has 0 aliphatic carbocycles. The van der Waals surface area contributed by atoms with Crippen LogP contribution in [0.15, 0.2) is 42.5 Å². The summed E-state index contributed by atoms with van der Waals surface area (Å²) in [7, 11) is 0. The van der Waals surface area contributed by atoms with Gasteiger partial charge >= 0.3 is 0 Å². The van der Waals surface area contributed by atoms with E-state index >= 15 is 0 Å². The highest BCUT2D eigenvalue weighted by atomic mass is 16.7. The summed E-state index contributed by atoms with van der Waals surface area (Å²) in [5.41, 5.74) is 2.26. The number of nitro groups is 1. The van der Waals surface area contributed by atoms with Crippen molar-refractivity contribution < 1.29 is 23.9 Å². The Morgan fingerprint density at radius 3 is 2.56 bits per heavy atom. The number of rotatable bonds is 7. The fourth-order valence-corrected chi connectivity index (χ4v) is 3.70. The Kier molecular flexibility index (Phi) is 6.67. The molecule has 2 heterocycles. The lowest BCUT2D eigenvalue weighted by atomic mass is 10.0. The Morgan fingerprint density at radius 2 is 1.88 bits per heavy atom. The van der Waals surface area contributed by atoms with Crippen molar-refractivity contribution in [1.29, 1.82) is 0 Å². The zero-order valence-corrected chi connectivity index (χ0v) is 17.8. The minimum atomic E-state index is -0.507. The minimum absolute atomic E-state index is 0.0138. The summed E-state index contributed by atoms with van der Waals surface area (Å²) < 4.78 is 15.9. The van der Waals surface area contributed by atoms with Gasteiger partial charge in [0.25, 0.3) is 5.69 Å². The van der Waals surface area contributed by atoms with E-state index in [-0.39, 0.29) is 30.0 Å². The number of nitrogens with one attached hydrogen (secondary N) is 1. The van der Waals surface area contributed by atoms with Crippen molar-refractivity contribution in [3.8, 4) is 11.5 Å². The fourth-order valence-electron chi connectivity index (χ4n) is 3.70. The van der Waals surface area contributed by atoms with E-state index in [9.17, 15) is 14.9 Å². The molecule has 1 amide bonds. The molecule has 2 aliphatic rings. The minimum Gasteiger partial charge on any atom is -0.454 e. The second kappa shape index (κ2) is 9.80. The number of nitrogens with zero attached hydrogens (tertiary/aromatic N) is 2. The van der Waals surface area contributed by atoms with Crippen LogP contribution in [-0.2, 0) is 9.53 Å². The highest BCUT2D eigenvalue weighted by Crippen LogP contribution is 2.38. The number of hydrogen-bond donors (Lipinski definition) is 1. The van der Waals surface area contributed by atoms with Gasteiger partial charge < -0.3 is 19.5 Å². The fraction of sp³-hybridized carbons (Fsp3) is 0.348. The maximum absolute atomic E-state index is 12.8. The lowest BCUT2D eigenvalue weighted by Crippen LogP contribution is -2.42. The van der Waals surface area contributed by atoms with Gasteiger partial charge in [-0.15, -0.1) is 0 Å². The molecule has 1 saturated heterocycles. The largest absolute Gasteiger partial charge is 0.454 e. The number of fused-ring (bicyclic) bond motifs is 1. The summed E-state index contributed by atoms with van der Waals surface area (Å²) in [6.07, 6.45) is 2.74. The first-order chi connectivity index (χ1) is 15.5. The summed E-state index contributed by atoms with van der Waals surface area (Å²) in [5.74, 6) is 0.402. The van der Waals surface area contributed by atoms with Crippen LogP contribution in [0.1, 0.15) is 22.7 Å². The molecule has 0 bridgehead atoms. The molecule has 0 radical (unpaired) electrons. The molecule has 9 heteroatoms. The predicted octanol–water partition coefficient (Wildman–Crippen LogP) is 2.83. The third-order valence-electron chi connectivity index (χ3n) is 5.47. The van der Waals surface area contributed by atoms with Crippen molar-refractivity contribution in [2.45, 2.75) is 13.0 Å². The number of ether oxygens (including phenoxy) is 3. The van der Waals surface area contributed by atoms with E-state index in [0.717, 1.165) is 24.2 Å². The SMILES string of the molecule is Cc1ccc(C(CN2CCOCC2)NC(=O)/C=C/c2cc3c(cc2[N+](=O)[O-])OCO3)cc1. The molecule has 2 aromatic carbocycles. The van der Waals surface area contributed by atoms with E-state index in [1.165, 1.54) is 24.3 Å². The summed E-state index contributed by atoms with van der Waals surface area (Å²) in [6, 6.07) is 10.6. The molecule has 0 aromatic heterocycles. The van der Waals surface area contributed by atoms with Crippen molar-refractivity contribution in [3.05, 3.63) is 69.3 Å². The van der Waals surface area contributed by atoms with Crippen molar-refractivity contribution >= 4 is 17.7 Å². The number of hydrogen-bond acceptors (Lipinski definition) is 7. The monoisotopic (exact) mass is 439 g/mol. The first-order valence-electron chi connectivity index (χ1n) is 10.4. The van der Waals surface area contributed by atoms with E-state index < -0.39 is 4.92 Å². The smallest absolute Gasteiger partial charge is 0.280 e. The second-order valence-electron chi connectivity index (χ2n) is 7.74. The molecule has 32 heavy (non-hydrogen) atoms. The summed E-state index contributed by atoms with van der Waals surface area (Å²) in [6.45, 7) is 5.62. The van der Waals surface area contributed by atoms with Gasteiger partial charge in [0.2, 0.25) is 12.7 Å². The zero-order chi connectivity index (χ0) is 22.5. The average molecular weight is 439 g/mol. The van der Waals surface area contributed by atoms with Gasteiger partial charge in [0, 0.05) is 25.7 Å². The van der Waals surface area contributed by atoms with E-state index in [1.807, 2.05) is 31.2 Å². The average Bonchev–Trinajstić information content (AvgIpc) is 3.25. The molecule has 0 spiro atoms. The first-order valence-corrected chi connectivity index (χ1v) is 10.4. The van der Waals surface area contributed by atoms with Crippen LogP contribution in [0.4, 0.5) is 5.69 Å². The van der Waals surface area contributed by atoms with Gasteiger partial charge in [-0.1, -0.05) is 29.8 Å². The lowest BCUT2D eigenvalue weighted by molar-refractivity contribution is -0.385. The van der Waals surface area contributed by atoms with Crippen molar-refractivity contribution in [2.24, 2.45) is 0 Å². The number of benzene rings is 2. The van der Waals surface area contributed by atoms with Crippen LogP contribution in [-0.4, -0.2) is 55.4 Å². The predicted molar refractivity (Wildman–Crippen MR) is 118 cm³/mol. The van der Waals surface area contributed by atoms with Crippen LogP contribution in [0.2, 0.25) is 0 Å². The number of aryl methyl sites for hydroxylation is 1. The summed E-state index contributed by atoms with van der Waals surface area (Å²) in [4.78, 5) is 25.9. The number of carbonyl (C=O) groups excluding carboxylic acids is 1. The first kappa shape index (κ1) is 21.8. The Bertz CT molecular complexity index is 1020. The second-order valence-corrected chi connectivity index (χ2v) is 7.74. The van der Waals surface area contributed by atoms with E-state index in [4.69, 9.17) is 14.2 Å². The van der Waals surface area contributed by atoms with Crippen molar-refractivity contribution in [1.82, 2.24) is 10.2 Å². The highest BCUT2D eigenvalue weighted by molar-refractivity contribution is 5.92. The van der Waals surface area contributed by atoms with Gasteiger partial charge in [-0.05, 0) is 24.6 Å². The molecule has 1 N–H and O–H groups in total. The quantitative estimate of drug-likeness (QED) is 0.402. The maximum Gasteiger partial charge on any atom is 0.280 e. The Balaban J connectivity index is 1.51. The molecule has 2 aromatic rings. The van der Waals surface area contributed by atoms with E-state index in [0.29, 0.717) is 31.3 Å². The van der Waals surface area contributed by atoms with Crippen LogP contribution < -0.4 is 14.8 Å². The molecule has 9 nitrogen and oxygen atoms in total. The van der Waals surface area contributed by atoms with Crippen LogP contribution in [0.5, 0.6) is 11.5 Å². The Labute approximate surface area is 185 Å². The third kappa shape index (κ3) is 5.24. The number of carbonyl (C=O) groups is 1. The van der Waals surface area contributed by atoms with Crippen molar-refractivity contribution in [2.75, 3.05) is 39.6 Å². The molecular weight excluding hydrogens is 414 g/mol. The Morgan fingerprint density at radius 1 is 1.19 bits per heavy atom. The van der Waals surface area contributed by atoms with Crippen molar-refractivity contribution in [3.63, 3.8) is 0 Å². The molecule has 4 rings (SSSR count). The van der Waals surface area contributed by atoms with E-state index in [1.54, 1.807) is 0 Å². The molecule has 168 valence electrons. The topological polar surface area (TPSA) is 103 Å². The lowest BCUT2D eigenvalue weighted by Gasteiger charge is -2.31. The molecule has 1 fully saturated rings. The summed E-state index contributed by atoms with van der Waals surface area (Å²) >= 11 is 0. The normalized spacial score (nSPS) is 16.8. The molecule has 2 aliphatic heterocycles. The van der Waals surface area contributed by atoms with Gasteiger partial charge in [0.05, 0.1) is 35.8 Å². The number of amides is 1. The van der Waals surface area contributed by atoms with Gasteiger partial charge in [0.15, 0.2) is 11.5 Å². The highest BCUT2D eigenvalue weighted by Gasteiger charge is 2.23. The number of morpholine rings is 1.